The molecule has 1 saturated heterocycles. The maximum absolute atomic E-state index is 12.3. The Bertz CT molecular complexity index is 520. The molecule has 132 valence electrons. The van der Waals surface area contributed by atoms with Gasteiger partial charge in [0.1, 0.15) is 0 Å². The first-order valence-electron chi connectivity index (χ1n) is 9.18. The number of carbonyl (C=O) groups excluding carboxylic acids is 1. The number of amides is 1. The second kappa shape index (κ2) is 7.09. The van der Waals surface area contributed by atoms with Crippen LogP contribution in [0.4, 0.5) is 0 Å². The van der Waals surface area contributed by atoms with Crippen LogP contribution in [0.25, 0.3) is 0 Å². The first kappa shape index (κ1) is 17.2. The molecule has 3 aliphatic rings. The number of hydrogen-bond donors (Lipinski definition) is 1. The van der Waals surface area contributed by atoms with Crippen molar-refractivity contribution < 1.29 is 13.2 Å². The minimum atomic E-state index is -3.11. The lowest BCUT2D eigenvalue weighted by molar-refractivity contribution is -0.126. The Labute approximate surface area is 140 Å². The van der Waals surface area contributed by atoms with Crippen molar-refractivity contribution in [2.75, 3.05) is 25.9 Å². The zero-order valence-corrected chi connectivity index (χ0v) is 15.0. The first-order valence-corrected chi connectivity index (χ1v) is 11.0. The molecule has 23 heavy (non-hydrogen) atoms. The third kappa shape index (κ3) is 4.47. The summed E-state index contributed by atoms with van der Waals surface area (Å²) in [5, 5.41) is 3.13. The van der Waals surface area contributed by atoms with Gasteiger partial charge in [0.2, 0.25) is 15.9 Å². The Kier molecular flexibility index (Phi) is 5.31. The van der Waals surface area contributed by atoms with E-state index in [0.29, 0.717) is 31.8 Å². The molecule has 0 radical (unpaired) electrons. The van der Waals surface area contributed by atoms with Crippen LogP contribution in [0, 0.1) is 23.7 Å². The Balaban J connectivity index is 1.36. The molecule has 3 fully saturated rings. The van der Waals surface area contributed by atoms with Crippen LogP contribution in [0.15, 0.2) is 0 Å². The highest BCUT2D eigenvalue weighted by atomic mass is 32.2. The van der Waals surface area contributed by atoms with Gasteiger partial charge >= 0.3 is 0 Å². The molecule has 0 aromatic rings. The van der Waals surface area contributed by atoms with Crippen LogP contribution in [-0.4, -0.2) is 44.5 Å². The Morgan fingerprint density at radius 2 is 1.74 bits per heavy atom. The SMILES string of the molecule is CS(=O)(=O)N1CCC(C(=O)NC[C@@H]2C[C@H]2C2CCCCC2)CC1. The van der Waals surface area contributed by atoms with E-state index in [1.54, 1.807) is 0 Å². The smallest absolute Gasteiger partial charge is 0.223 e. The monoisotopic (exact) mass is 342 g/mol. The van der Waals surface area contributed by atoms with Gasteiger partial charge in [0, 0.05) is 25.6 Å². The van der Waals surface area contributed by atoms with Gasteiger partial charge < -0.3 is 5.32 Å². The largest absolute Gasteiger partial charge is 0.356 e. The fourth-order valence-electron chi connectivity index (χ4n) is 4.47. The molecule has 6 heteroatoms. The number of hydrogen-bond acceptors (Lipinski definition) is 3. The second-order valence-electron chi connectivity index (χ2n) is 7.74. The van der Waals surface area contributed by atoms with E-state index in [9.17, 15) is 13.2 Å². The predicted octanol–water partition coefficient (Wildman–Crippen LogP) is 1.99. The number of rotatable bonds is 5. The van der Waals surface area contributed by atoms with E-state index in [2.05, 4.69) is 5.32 Å². The molecular formula is C17H30N2O3S. The number of carbonyl (C=O) groups is 1. The van der Waals surface area contributed by atoms with Gasteiger partial charge in [0.25, 0.3) is 0 Å². The quantitative estimate of drug-likeness (QED) is 0.831. The highest BCUT2D eigenvalue weighted by Gasteiger charge is 2.43. The van der Waals surface area contributed by atoms with Crippen LogP contribution in [0.3, 0.4) is 0 Å². The highest BCUT2D eigenvalue weighted by Crippen LogP contribution is 2.48. The van der Waals surface area contributed by atoms with E-state index < -0.39 is 10.0 Å². The van der Waals surface area contributed by atoms with Crippen molar-refractivity contribution in [2.45, 2.75) is 51.4 Å². The summed E-state index contributed by atoms with van der Waals surface area (Å²) in [5.41, 5.74) is 0. The summed E-state index contributed by atoms with van der Waals surface area (Å²) >= 11 is 0. The van der Waals surface area contributed by atoms with Crippen LogP contribution >= 0.6 is 0 Å². The van der Waals surface area contributed by atoms with E-state index >= 15 is 0 Å². The molecule has 1 aliphatic heterocycles. The number of piperidine rings is 1. The zero-order chi connectivity index (χ0) is 16.4. The third-order valence-corrected chi connectivity index (χ3v) is 7.37. The van der Waals surface area contributed by atoms with E-state index in [1.807, 2.05) is 0 Å². The summed E-state index contributed by atoms with van der Waals surface area (Å²) in [6, 6.07) is 0. The van der Waals surface area contributed by atoms with E-state index in [4.69, 9.17) is 0 Å². The molecule has 5 nitrogen and oxygen atoms in total. The number of nitrogens with zero attached hydrogens (tertiary/aromatic N) is 1. The number of sulfonamides is 1. The Hall–Kier alpha value is -0.620. The van der Waals surface area contributed by atoms with Crippen molar-refractivity contribution in [3.63, 3.8) is 0 Å². The van der Waals surface area contributed by atoms with Gasteiger partial charge in [-0.1, -0.05) is 32.1 Å². The van der Waals surface area contributed by atoms with Gasteiger partial charge in [-0.15, -0.1) is 0 Å². The van der Waals surface area contributed by atoms with Crippen molar-refractivity contribution >= 4 is 15.9 Å². The lowest BCUT2D eigenvalue weighted by atomic mass is 9.85. The molecule has 0 spiro atoms. The molecule has 0 aromatic carbocycles. The summed E-state index contributed by atoms with van der Waals surface area (Å²) in [6.45, 7) is 1.78. The van der Waals surface area contributed by atoms with Crippen molar-refractivity contribution in [3.05, 3.63) is 0 Å². The average molecular weight is 343 g/mol. The molecule has 1 heterocycles. The van der Waals surface area contributed by atoms with Gasteiger partial charge in [-0.3, -0.25) is 4.79 Å². The molecule has 0 unspecified atom stereocenters. The molecule has 2 atom stereocenters. The molecule has 1 amide bonds. The van der Waals surface area contributed by atoms with E-state index in [0.717, 1.165) is 18.4 Å². The maximum Gasteiger partial charge on any atom is 0.223 e. The Morgan fingerprint density at radius 1 is 1.09 bits per heavy atom. The predicted molar refractivity (Wildman–Crippen MR) is 90.3 cm³/mol. The topological polar surface area (TPSA) is 66.5 Å². The molecule has 1 N–H and O–H groups in total. The highest BCUT2D eigenvalue weighted by molar-refractivity contribution is 7.88. The first-order chi connectivity index (χ1) is 10.9. The Morgan fingerprint density at radius 3 is 2.35 bits per heavy atom. The standard InChI is InChI=1S/C17H30N2O3S/c1-23(21,22)19-9-7-14(8-10-19)17(20)18-12-15-11-16(15)13-5-3-2-4-6-13/h13-16H,2-12H2,1H3,(H,18,20)/t15-,16-/m0/s1. The van der Waals surface area contributed by atoms with Gasteiger partial charge in [-0.2, -0.15) is 0 Å². The average Bonchev–Trinajstić information content (AvgIpc) is 3.32. The van der Waals surface area contributed by atoms with Crippen LogP contribution in [0.1, 0.15) is 51.4 Å². The van der Waals surface area contributed by atoms with E-state index in [-0.39, 0.29) is 11.8 Å². The normalized spacial score (nSPS) is 31.0. The molecule has 2 saturated carbocycles. The van der Waals surface area contributed by atoms with E-state index in [1.165, 1.54) is 49.1 Å². The molecule has 0 bridgehead atoms. The summed E-state index contributed by atoms with van der Waals surface area (Å²) < 4.78 is 24.5. The number of nitrogens with one attached hydrogen (secondary N) is 1. The van der Waals surface area contributed by atoms with Gasteiger partial charge in [-0.25, -0.2) is 12.7 Å². The third-order valence-electron chi connectivity index (χ3n) is 6.06. The summed E-state index contributed by atoms with van der Waals surface area (Å²) in [6.07, 6.45) is 10.8. The molecule has 0 aromatic heterocycles. The molecular weight excluding hydrogens is 312 g/mol. The van der Waals surface area contributed by atoms with Crippen molar-refractivity contribution in [2.24, 2.45) is 23.7 Å². The van der Waals surface area contributed by atoms with Crippen LogP contribution < -0.4 is 5.32 Å². The van der Waals surface area contributed by atoms with Gasteiger partial charge in [0.15, 0.2) is 0 Å². The fraction of sp³-hybridized carbons (Fsp3) is 0.941. The molecule has 2 aliphatic carbocycles. The minimum absolute atomic E-state index is 0.0140. The lowest BCUT2D eigenvalue weighted by Crippen LogP contribution is -2.43. The fourth-order valence-corrected chi connectivity index (χ4v) is 5.35. The lowest BCUT2D eigenvalue weighted by Gasteiger charge is -2.29. The van der Waals surface area contributed by atoms with Crippen molar-refractivity contribution in [1.29, 1.82) is 0 Å². The van der Waals surface area contributed by atoms with Gasteiger partial charge in [0.05, 0.1) is 6.26 Å². The summed E-state index contributed by atoms with van der Waals surface area (Å²) in [7, 11) is -3.11. The summed E-state index contributed by atoms with van der Waals surface area (Å²) in [5.74, 6) is 2.57. The van der Waals surface area contributed by atoms with Crippen LogP contribution in [-0.2, 0) is 14.8 Å². The van der Waals surface area contributed by atoms with Crippen LogP contribution in [0.2, 0.25) is 0 Å². The minimum Gasteiger partial charge on any atom is -0.356 e. The maximum atomic E-state index is 12.3. The zero-order valence-electron chi connectivity index (χ0n) is 14.2. The second-order valence-corrected chi connectivity index (χ2v) is 9.72. The van der Waals surface area contributed by atoms with Crippen molar-refractivity contribution in [1.82, 2.24) is 9.62 Å². The van der Waals surface area contributed by atoms with Crippen molar-refractivity contribution in [3.8, 4) is 0 Å². The van der Waals surface area contributed by atoms with Crippen LogP contribution in [0.5, 0.6) is 0 Å². The molecule has 3 rings (SSSR count). The van der Waals surface area contributed by atoms with Gasteiger partial charge in [-0.05, 0) is 37.0 Å². The summed E-state index contributed by atoms with van der Waals surface area (Å²) in [4.78, 5) is 12.3.